The van der Waals surface area contributed by atoms with Crippen molar-refractivity contribution in [1.82, 2.24) is 0 Å². The standard InChI is InChI=1S/C14H14O2/c15-14(16)13-6-2-9-1-3-11-7-12(11)5-4-10(9)8-13/h2,6,8H,1,3-5,7H2,(H,15,16). The van der Waals surface area contributed by atoms with Crippen LogP contribution in [0.2, 0.25) is 0 Å². The van der Waals surface area contributed by atoms with E-state index in [1.807, 2.05) is 12.1 Å². The lowest BCUT2D eigenvalue weighted by Crippen LogP contribution is -2.02. The lowest BCUT2D eigenvalue weighted by atomic mass is 9.95. The SMILES string of the molecule is O=C(O)c1ccc2c(c1)CCC1=C(CC2)C1. The van der Waals surface area contributed by atoms with Gasteiger partial charge in [0.05, 0.1) is 5.56 Å². The van der Waals surface area contributed by atoms with Gasteiger partial charge < -0.3 is 5.11 Å². The Labute approximate surface area is 94.6 Å². The monoisotopic (exact) mass is 214 g/mol. The largest absolute Gasteiger partial charge is 0.478 e. The third-order valence-electron chi connectivity index (χ3n) is 3.65. The van der Waals surface area contributed by atoms with Gasteiger partial charge in [-0.1, -0.05) is 17.2 Å². The molecule has 82 valence electrons. The Morgan fingerprint density at radius 1 is 1.00 bits per heavy atom. The zero-order valence-electron chi connectivity index (χ0n) is 9.12. The van der Waals surface area contributed by atoms with Gasteiger partial charge in [0.15, 0.2) is 0 Å². The molecule has 16 heavy (non-hydrogen) atoms. The summed E-state index contributed by atoms with van der Waals surface area (Å²) >= 11 is 0. The predicted molar refractivity (Wildman–Crippen MR) is 61.7 cm³/mol. The van der Waals surface area contributed by atoms with Crippen molar-refractivity contribution < 1.29 is 9.90 Å². The van der Waals surface area contributed by atoms with Crippen LogP contribution in [0.1, 0.15) is 40.7 Å². The van der Waals surface area contributed by atoms with Gasteiger partial charge in [-0.25, -0.2) is 4.79 Å². The van der Waals surface area contributed by atoms with Crippen LogP contribution >= 0.6 is 0 Å². The maximum Gasteiger partial charge on any atom is 0.335 e. The summed E-state index contributed by atoms with van der Waals surface area (Å²) in [4.78, 5) is 10.9. The van der Waals surface area contributed by atoms with Crippen LogP contribution in [0.15, 0.2) is 29.3 Å². The zero-order chi connectivity index (χ0) is 11.1. The van der Waals surface area contributed by atoms with Crippen LogP contribution in [0.25, 0.3) is 0 Å². The van der Waals surface area contributed by atoms with Crippen molar-refractivity contribution in [2.45, 2.75) is 32.1 Å². The van der Waals surface area contributed by atoms with Crippen molar-refractivity contribution in [3.05, 3.63) is 46.0 Å². The first-order chi connectivity index (χ1) is 7.74. The number of fused-ring (bicyclic) bond motifs is 1. The molecule has 1 aromatic carbocycles. The molecule has 0 atom stereocenters. The second-order valence-electron chi connectivity index (χ2n) is 4.67. The average molecular weight is 214 g/mol. The lowest BCUT2D eigenvalue weighted by Gasteiger charge is -2.11. The molecule has 0 saturated carbocycles. The zero-order valence-corrected chi connectivity index (χ0v) is 9.12. The molecular weight excluding hydrogens is 200 g/mol. The Bertz CT molecular complexity index is 497. The molecule has 0 unspecified atom stereocenters. The maximum atomic E-state index is 10.9. The summed E-state index contributed by atoms with van der Waals surface area (Å²) in [5.41, 5.74) is 6.26. The molecular formula is C14H14O2. The lowest BCUT2D eigenvalue weighted by molar-refractivity contribution is 0.0697. The van der Waals surface area contributed by atoms with E-state index in [2.05, 4.69) is 0 Å². The molecule has 0 aliphatic heterocycles. The Morgan fingerprint density at radius 3 is 2.38 bits per heavy atom. The first kappa shape index (κ1) is 9.64. The van der Waals surface area contributed by atoms with E-state index in [9.17, 15) is 4.79 Å². The van der Waals surface area contributed by atoms with Gasteiger partial charge in [-0.3, -0.25) is 0 Å². The van der Waals surface area contributed by atoms with Gasteiger partial charge in [0.25, 0.3) is 0 Å². The summed E-state index contributed by atoms with van der Waals surface area (Å²) in [6, 6.07) is 5.57. The van der Waals surface area contributed by atoms with Crippen LogP contribution < -0.4 is 0 Å². The predicted octanol–water partition coefficient (Wildman–Crippen LogP) is 2.96. The number of benzene rings is 1. The molecule has 0 aromatic heterocycles. The topological polar surface area (TPSA) is 37.3 Å². The van der Waals surface area contributed by atoms with Gasteiger partial charge in [0.2, 0.25) is 0 Å². The van der Waals surface area contributed by atoms with Crippen molar-refractivity contribution in [1.29, 1.82) is 0 Å². The molecule has 2 heteroatoms. The minimum absolute atomic E-state index is 0.421. The second kappa shape index (κ2) is 3.48. The molecule has 2 aliphatic rings. The molecule has 0 amide bonds. The van der Waals surface area contributed by atoms with Gasteiger partial charge in [-0.05, 0) is 55.4 Å². The van der Waals surface area contributed by atoms with E-state index < -0.39 is 5.97 Å². The van der Waals surface area contributed by atoms with Crippen LogP contribution in [-0.4, -0.2) is 11.1 Å². The molecule has 0 fully saturated rings. The second-order valence-corrected chi connectivity index (χ2v) is 4.67. The molecule has 0 radical (unpaired) electrons. The highest BCUT2D eigenvalue weighted by atomic mass is 16.4. The van der Waals surface area contributed by atoms with Crippen molar-refractivity contribution in [2.24, 2.45) is 0 Å². The van der Waals surface area contributed by atoms with Crippen molar-refractivity contribution in [3.8, 4) is 0 Å². The summed E-state index contributed by atoms with van der Waals surface area (Å²) < 4.78 is 0. The molecule has 0 bridgehead atoms. The highest BCUT2D eigenvalue weighted by molar-refractivity contribution is 5.87. The van der Waals surface area contributed by atoms with Crippen molar-refractivity contribution in [3.63, 3.8) is 0 Å². The number of hydrogen-bond acceptors (Lipinski definition) is 1. The maximum absolute atomic E-state index is 10.9. The van der Waals surface area contributed by atoms with Crippen molar-refractivity contribution in [2.75, 3.05) is 0 Å². The summed E-state index contributed by atoms with van der Waals surface area (Å²) in [6.07, 6.45) is 5.63. The molecule has 3 rings (SSSR count). The quantitative estimate of drug-likeness (QED) is 0.730. The van der Waals surface area contributed by atoms with Crippen molar-refractivity contribution >= 4 is 5.97 Å². The summed E-state index contributed by atoms with van der Waals surface area (Å²) in [5.74, 6) is -0.823. The minimum atomic E-state index is -0.823. The third kappa shape index (κ3) is 1.64. The Morgan fingerprint density at radius 2 is 1.69 bits per heavy atom. The van der Waals surface area contributed by atoms with Crippen LogP contribution in [0.3, 0.4) is 0 Å². The van der Waals surface area contributed by atoms with E-state index in [-0.39, 0.29) is 0 Å². The Balaban J connectivity index is 1.94. The molecule has 2 nitrogen and oxygen atoms in total. The number of aromatic carboxylic acids is 1. The molecule has 2 aliphatic carbocycles. The van der Waals surface area contributed by atoms with E-state index in [4.69, 9.17) is 5.11 Å². The summed E-state index contributed by atoms with van der Waals surface area (Å²) in [6.45, 7) is 0. The molecule has 1 N–H and O–H groups in total. The fourth-order valence-corrected chi connectivity index (χ4v) is 2.55. The van der Waals surface area contributed by atoms with Gasteiger partial charge >= 0.3 is 5.97 Å². The van der Waals surface area contributed by atoms with Gasteiger partial charge in [-0.15, -0.1) is 0 Å². The first-order valence-corrected chi connectivity index (χ1v) is 5.79. The normalized spacial score (nSPS) is 18.2. The highest BCUT2D eigenvalue weighted by Gasteiger charge is 2.23. The highest BCUT2D eigenvalue weighted by Crippen LogP contribution is 2.40. The number of aryl methyl sites for hydroxylation is 2. The minimum Gasteiger partial charge on any atom is -0.478 e. The Kier molecular flexibility index (Phi) is 2.10. The number of carboxylic acid groups (broad SMARTS) is 1. The summed E-state index contributed by atoms with van der Waals surface area (Å²) in [7, 11) is 0. The molecule has 0 heterocycles. The Hall–Kier alpha value is -1.57. The average Bonchev–Trinajstić information content (AvgIpc) is 2.98. The number of carbonyl (C=O) groups is 1. The van der Waals surface area contributed by atoms with Gasteiger partial charge in [0, 0.05) is 0 Å². The van der Waals surface area contributed by atoms with Crippen LogP contribution in [0, 0.1) is 0 Å². The van der Waals surface area contributed by atoms with E-state index in [1.54, 1.807) is 17.2 Å². The van der Waals surface area contributed by atoms with Crippen LogP contribution in [0.4, 0.5) is 0 Å². The van der Waals surface area contributed by atoms with Gasteiger partial charge in [-0.2, -0.15) is 0 Å². The fraction of sp³-hybridized carbons (Fsp3) is 0.357. The van der Waals surface area contributed by atoms with E-state index in [0.717, 1.165) is 19.3 Å². The summed E-state index contributed by atoms with van der Waals surface area (Å²) in [5, 5.41) is 8.96. The fourth-order valence-electron chi connectivity index (χ4n) is 2.55. The number of allylic oxidation sites excluding steroid dienone is 2. The number of hydrogen-bond donors (Lipinski definition) is 1. The van der Waals surface area contributed by atoms with E-state index in [0.29, 0.717) is 5.56 Å². The molecule has 1 aromatic rings. The van der Waals surface area contributed by atoms with E-state index >= 15 is 0 Å². The molecule has 0 spiro atoms. The van der Waals surface area contributed by atoms with Crippen LogP contribution in [-0.2, 0) is 12.8 Å². The smallest absolute Gasteiger partial charge is 0.335 e. The van der Waals surface area contributed by atoms with Gasteiger partial charge in [0.1, 0.15) is 0 Å². The third-order valence-corrected chi connectivity index (χ3v) is 3.65. The van der Waals surface area contributed by atoms with E-state index in [1.165, 1.54) is 24.0 Å². The van der Waals surface area contributed by atoms with Crippen LogP contribution in [0.5, 0.6) is 0 Å². The molecule has 0 saturated heterocycles. The first-order valence-electron chi connectivity index (χ1n) is 5.79. The number of rotatable bonds is 1. The number of carboxylic acids is 1.